The van der Waals surface area contributed by atoms with Crippen molar-refractivity contribution in [3.05, 3.63) is 89.0 Å². The van der Waals surface area contributed by atoms with Crippen molar-refractivity contribution in [1.82, 2.24) is 4.90 Å². The summed E-state index contributed by atoms with van der Waals surface area (Å²) in [5.41, 5.74) is 5.19. The van der Waals surface area contributed by atoms with Gasteiger partial charge >= 0.3 is 6.03 Å². The number of rotatable bonds is 6. The van der Waals surface area contributed by atoms with E-state index in [4.69, 9.17) is 9.47 Å². The van der Waals surface area contributed by atoms with Crippen molar-refractivity contribution in [1.29, 1.82) is 0 Å². The second-order valence-corrected chi connectivity index (χ2v) is 9.04. The largest absolute Gasteiger partial charge is 0.493 e. The van der Waals surface area contributed by atoms with Gasteiger partial charge in [0.05, 0.1) is 7.11 Å². The van der Waals surface area contributed by atoms with Crippen molar-refractivity contribution in [3.8, 4) is 11.5 Å². The fourth-order valence-electron chi connectivity index (χ4n) is 3.79. The quantitative estimate of drug-likeness (QED) is 0.490. The molecule has 0 spiro atoms. The monoisotopic (exact) mass is 448 g/mol. The number of urea groups is 1. The van der Waals surface area contributed by atoms with E-state index < -0.39 is 0 Å². The van der Waals surface area contributed by atoms with Crippen LogP contribution in [0, 0.1) is 13.8 Å². The van der Waals surface area contributed by atoms with Gasteiger partial charge in [-0.05, 0) is 48.7 Å². The van der Waals surface area contributed by atoms with Crippen LogP contribution in [0.4, 0.5) is 10.5 Å². The molecule has 3 aromatic carbocycles. The minimum atomic E-state index is -0.0884. The lowest BCUT2D eigenvalue weighted by Gasteiger charge is -2.25. The summed E-state index contributed by atoms with van der Waals surface area (Å²) < 4.78 is 11.6. The van der Waals surface area contributed by atoms with Crippen LogP contribution in [0.1, 0.15) is 27.6 Å². The summed E-state index contributed by atoms with van der Waals surface area (Å²) in [7, 11) is 1.64. The average Bonchev–Trinajstić information content (AvgIpc) is 3.30. The van der Waals surface area contributed by atoms with Gasteiger partial charge < -0.3 is 19.7 Å². The summed E-state index contributed by atoms with van der Waals surface area (Å²) in [5.74, 6) is 2.24. The topological polar surface area (TPSA) is 50.8 Å². The summed E-state index contributed by atoms with van der Waals surface area (Å²) in [5, 5.41) is 3.00. The molecule has 32 heavy (non-hydrogen) atoms. The minimum absolute atomic E-state index is 0.0780. The predicted molar refractivity (Wildman–Crippen MR) is 131 cm³/mol. The Balaban J connectivity index is 1.51. The van der Waals surface area contributed by atoms with E-state index in [1.807, 2.05) is 79.4 Å². The first-order chi connectivity index (χ1) is 15.5. The molecule has 0 aromatic heterocycles. The van der Waals surface area contributed by atoms with E-state index in [1.165, 1.54) is 5.56 Å². The first-order valence-electron chi connectivity index (χ1n) is 10.7. The molecule has 1 saturated heterocycles. The van der Waals surface area contributed by atoms with Crippen molar-refractivity contribution in [2.45, 2.75) is 25.8 Å². The smallest absolute Gasteiger partial charge is 0.323 e. The Morgan fingerprint density at radius 1 is 1.06 bits per heavy atom. The highest BCUT2D eigenvalue weighted by atomic mass is 32.2. The molecule has 4 rings (SSSR count). The van der Waals surface area contributed by atoms with E-state index in [0.29, 0.717) is 24.7 Å². The second kappa shape index (κ2) is 10.0. The van der Waals surface area contributed by atoms with Crippen molar-refractivity contribution < 1.29 is 14.3 Å². The molecule has 1 aliphatic heterocycles. The van der Waals surface area contributed by atoms with Gasteiger partial charge in [0.15, 0.2) is 11.5 Å². The highest BCUT2D eigenvalue weighted by molar-refractivity contribution is 7.99. The Labute approximate surface area is 193 Å². The molecule has 0 aliphatic carbocycles. The third kappa shape index (κ3) is 5.02. The van der Waals surface area contributed by atoms with Gasteiger partial charge in [0.2, 0.25) is 0 Å². The number of nitrogens with one attached hydrogen (secondary N) is 1. The molecule has 166 valence electrons. The molecule has 1 atom stereocenters. The number of ether oxygens (including phenoxy) is 2. The molecule has 0 saturated carbocycles. The third-order valence-electron chi connectivity index (χ3n) is 5.49. The van der Waals surface area contributed by atoms with Gasteiger partial charge in [-0.15, -0.1) is 11.8 Å². The van der Waals surface area contributed by atoms with E-state index in [2.05, 4.69) is 11.4 Å². The van der Waals surface area contributed by atoms with Crippen LogP contribution in [0.2, 0.25) is 0 Å². The Morgan fingerprint density at radius 3 is 2.62 bits per heavy atom. The molecule has 1 unspecified atom stereocenters. The van der Waals surface area contributed by atoms with Gasteiger partial charge in [0, 0.05) is 18.0 Å². The lowest BCUT2D eigenvalue weighted by atomic mass is 10.1. The SMILES string of the molecule is COc1ccc(C2SCCN2C(=O)Nc2ccc(C)cc2C)cc1OCc1ccccc1. The van der Waals surface area contributed by atoms with Gasteiger partial charge in [-0.1, -0.05) is 54.1 Å². The van der Waals surface area contributed by atoms with Crippen LogP contribution in [-0.4, -0.2) is 30.3 Å². The van der Waals surface area contributed by atoms with Gasteiger partial charge in [-0.25, -0.2) is 4.79 Å². The van der Waals surface area contributed by atoms with Gasteiger partial charge in [-0.3, -0.25) is 0 Å². The summed E-state index contributed by atoms with van der Waals surface area (Å²) in [6, 6.07) is 21.9. The zero-order valence-electron chi connectivity index (χ0n) is 18.6. The fraction of sp³-hybridized carbons (Fsp3) is 0.269. The van der Waals surface area contributed by atoms with Crippen LogP contribution >= 0.6 is 11.8 Å². The Morgan fingerprint density at radius 2 is 1.88 bits per heavy atom. The number of anilines is 1. The number of hydrogen-bond acceptors (Lipinski definition) is 4. The van der Waals surface area contributed by atoms with Crippen LogP contribution < -0.4 is 14.8 Å². The molecule has 3 aromatic rings. The normalized spacial score (nSPS) is 15.5. The van der Waals surface area contributed by atoms with Gasteiger partial charge in [0.25, 0.3) is 0 Å². The number of methoxy groups -OCH3 is 1. The van der Waals surface area contributed by atoms with Crippen molar-refractivity contribution in [2.24, 2.45) is 0 Å². The number of benzene rings is 3. The fourth-order valence-corrected chi connectivity index (χ4v) is 5.04. The van der Waals surface area contributed by atoms with Crippen LogP contribution in [0.15, 0.2) is 66.7 Å². The lowest BCUT2D eigenvalue weighted by molar-refractivity contribution is 0.214. The standard InChI is InChI=1S/C26H28N2O3S/c1-18-9-11-22(19(2)15-18)27-26(29)28-13-14-32-25(28)21-10-12-23(30-3)24(16-21)31-17-20-7-5-4-6-8-20/h4-12,15-16,25H,13-14,17H2,1-3H3,(H,27,29). The number of carbonyl (C=O) groups is 1. The second-order valence-electron chi connectivity index (χ2n) is 7.85. The molecule has 1 fully saturated rings. The Kier molecular flexibility index (Phi) is 6.90. The molecule has 1 aliphatic rings. The molecule has 1 N–H and O–H groups in total. The number of aryl methyl sites for hydroxylation is 2. The number of carbonyl (C=O) groups excluding carboxylic acids is 1. The number of nitrogens with zero attached hydrogens (tertiary/aromatic N) is 1. The highest BCUT2D eigenvalue weighted by Gasteiger charge is 2.31. The Hall–Kier alpha value is -3.12. The number of thioether (sulfide) groups is 1. The molecule has 0 bridgehead atoms. The lowest BCUT2D eigenvalue weighted by Crippen LogP contribution is -2.34. The van der Waals surface area contributed by atoms with Crippen molar-refractivity contribution >= 4 is 23.5 Å². The summed E-state index contributed by atoms with van der Waals surface area (Å²) in [6.45, 7) is 5.21. The van der Waals surface area contributed by atoms with E-state index >= 15 is 0 Å². The zero-order valence-corrected chi connectivity index (χ0v) is 19.4. The van der Waals surface area contributed by atoms with Crippen LogP contribution in [0.3, 0.4) is 0 Å². The number of amides is 2. The molecule has 1 heterocycles. The maximum atomic E-state index is 13.1. The van der Waals surface area contributed by atoms with E-state index in [1.54, 1.807) is 18.9 Å². The summed E-state index contributed by atoms with van der Waals surface area (Å²) >= 11 is 1.75. The predicted octanol–water partition coefficient (Wildman–Crippen LogP) is 6.17. The highest BCUT2D eigenvalue weighted by Crippen LogP contribution is 2.41. The zero-order chi connectivity index (χ0) is 22.5. The average molecular weight is 449 g/mol. The van der Waals surface area contributed by atoms with E-state index in [0.717, 1.165) is 28.1 Å². The number of hydrogen-bond donors (Lipinski definition) is 1. The van der Waals surface area contributed by atoms with Gasteiger partial charge in [-0.2, -0.15) is 0 Å². The van der Waals surface area contributed by atoms with Gasteiger partial charge in [0.1, 0.15) is 12.0 Å². The summed E-state index contributed by atoms with van der Waals surface area (Å²) in [6.07, 6.45) is 0. The van der Waals surface area contributed by atoms with Crippen molar-refractivity contribution in [2.75, 3.05) is 24.7 Å². The molecule has 6 heteroatoms. The maximum Gasteiger partial charge on any atom is 0.323 e. The van der Waals surface area contributed by atoms with Crippen LogP contribution in [-0.2, 0) is 6.61 Å². The maximum absolute atomic E-state index is 13.1. The molecule has 5 nitrogen and oxygen atoms in total. The van der Waals surface area contributed by atoms with Crippen LogP contribution in [0.5, 0.6) is 11.5 Å². The molecule has 0 radical (unpaired) electrons. The van der Waals surface area contributed by atoms with Crippen molar-refractivity contribution in [3.63, 3.8) is 0 Å². The van der Waals surface area contributed by atoms with E-state index in [-0.39, 0.29) is 11.4 Å². The minimum Gasteiger partial charge on any atom is -0.493 e. The Bertz CT molecular complexity index is 1090. The molecular weight excluding hydrogens is 420 g/mol. The first-order valence-corrected chi connectivity index (χ1v) is 11.7. The molecular formula is C26H28N2O3S. The summed E-state index contributed by atoms with van der Waals surface area (Å²) in [4.78, 5) is 15.0. The molecule has 2 amide bonds. The third-order valence-corrected chi connectivity index (χ3v) is 6.75. The first kappa shape index (κ1) is 22.1. The van der Waals surface area contributed by atoms with Crippen LogP contribution in [0.25, 0.3) is 0 Å². The van der Waals surface area contributed by atoms with E-state index in [9.17, 15) is 4.79 Å².